The SMILES string of the molecule is CCN(CC(C)C(=O)OC)C(=O)CCCOc1ccc(OC)cc1. The van der Waals surface area contributed by atoms with Gasteiger partial charge in [-0.05, 0) is 37.6 Å². The zero-order valence-electron chi connectivity index (χ0n) is 14.9. The molecular weight excluding hydrogens is 310 g/mol. The molecule has 1 rings (SSSR count). The first-order valence-electron chi connectivity index (χ1n) is 8.14. The van der Waals surface area contributed by atoms with Gasteiger partial charge in [-0.1, -0.05) is 6.92 Å². The van der Waals surface area contributed by atoms with Crippen molar-refractivity contribution >= 4 is 11.9 Å². The molecule has 0 fully saturated rings. The highest BCUT2D eigenvalue weighted by molar-refractivity contribution is 5.77. The third-order valence-corrected chi connectivity index (χ3v) is 3.70. The lowest BCUT2D eigenvalue weighted by molar-refractivity contribution is -0.146. The summed E-state index contributed by atoms with van der Waals surface area (Å²) in [6.07, 6.45) is 1.01. The van der Waals surface area contributed by atoms with Crippen LogP contribution in [0.1, 0.15) is 26.7 Å². The predicted molar refractivity (Wildman–Crippen MR) is 91.2 cm³/mol. The topological polar surface area (TPSA) is 65.1 Å². The average Bonchev–Trinajstić information content (AvgIpc) is 2.62. The molecular formula is C18H27NO5. The van der Waals surface area contributed by atoms with Crippen LogP contribution in [0.25, 0.3) is 0 Å². The Balaban J connectivity index is 2.33. The number of rotatable bonds is 10. The highest BCUT2D eigenvalue weighted by Gasteiger charge is 2.20. The highest BCUT2D eigenvalue weighted by Crippen LogP contribution is 2.17. The lowest BCUT2D eigenvalue weighted by Crippen LogP contribution is -2.37. The Morgan fingerprint density at radius 1 is 1.12 bits per heavy atom. The molecule has 0 saturated carbocycles. The van der Waals surface area contributed by atoms with E-state index >= 15 is 0 Å². The molecule has 0 aliphatic carbocycles. The van der Waals surface area contributed by atoms with Crippen molar-refractivity contribution in [1.82, 2.24) is 4.90 Å². The van der Waals surface area contributed by atoms with E-state index < -0.39 is 0 Å². The molecule has 0 saturated heterocycles. The van der Waals surface area contributed by atoms with Gasteiger partial charge in [0.2, 0.25) is 5.91 Å². The Morgan fingerprint density at radius 2 is 1.75 bits per heavy atom. The zero-order valence-corrected chi connectivity index (χ0v) is 14.9. The van der Waals surface area contributed by atoms with Gasteiger partial charge in [-0.25, -0.2) is 0 Å². The van der Waals surface area contributed by atoms with Gasteiger partial charge >= 0.3 is 5.97 Å². The second-order valence-corrected chi connectivity index (χ2v) is 5.48. The van der Waals surface area contributed by atoms with E-state index in [1.165, 1.54) is 7.11 Å². The standard InChI is InChI=1S/C18H27NO5/c1-5-19(13-14(2)18(21)23-4)17(20)7-6-12-24-16-10-8-15(22-3)9-11-16/h8-11,14H,5-7,12-13H2,1-4H3. The molecule has 24 heavy (non-hydrogen) atoms. The van der Waals surface area contributed by atoms with Crippen molar-refractivity contribution in [2.45, 2.75) is 26.7 Å². The molecule has 134 valence electrons. The second kappa shape index (κ2) is 10.5. The van der Waals surface area contributed by atoms with Gasteiger partial charge in [-0.15, -0.1) is 0 Å². The minimum Gasteiger partial charge on any atom is -0.497 e. The largest absolute Gasteiger partial charge is 0.497 e. The Kier molecular flexibility index (Phi) is 8.68. The van der Waals surface area contributed by atoms with Gasteiger partial charge in [0, 0.05) is 19.5 Å². The number of benzene rings is 1. The van der Waals surface area contributed by atoms with E-state index in [0.29, 0.717) is 32.5 Å². The van der Waals surface area contributed by atoms with Crippen molar-refractivity contribution in [1.29, 1.82) is 0 Å². The maximum Gasteiger partial charge on any atom is 0.310 e. The molecule has 6 heteroatoms. The van der Waals surface area contributed by atoms with Crippen LogP contribution in [0.3, 0.4) is 0 Å². The lowest BCUT2D eigenvalue weighted by Gasteiger charge is -2.23. The summed E-state index contributed by atoms with van der Waals surface area (Å²) in [5, 5.41) is 0. The number of hydrogen-bond acceptors (Lipinski definition) is 5. The number of esters is 1. The summed E-state index contributed by atoms with van der Waals surface area (Å²) in [6.45, 7) is 5.06. The van der Waals surface area contributed by atoms with Crippen LogP contribution in [0.2, 0.25) is 0 Å². The minimum atomic E-state index is -0.325. The maximum absolute atomic E-state index is 12.2. The molecule has 1 unspecified atom stereocenters. The molecule has 0 heterocycles. The van der Waals surface area contributed by atoms with Crippen LogP contribution in [-0.4, -0.2) is 50.7 Å². The van der Waals surface area contributed by atoms with Gasteiger partial charge in [0.1, 0.15) is 11.5 Å². The quantitative estimate of drug-likeness (QED) is 0.485. The number of nitrogens with zero attached hydrogens (tertiary/aromatic N) is 1. The van der Waals surface area contributed by atoms with E-state index in [1.807, 2.05) is 31.2 Å². The molecule has 6 nitrogen and oxygen atoms in total. The summed E-state index contributed by atoms with van der Waals surface area (Å²) < 4.78 is 15.4. The number of ether oxygens (including phenoxy) is 3. The van der Waals surface area contributed by atoms with E-state index in [4.69, 9.17) is 14.2 Å². The molecule has 0 aliphatic rings. The first kappa shape index (κ1) is 19.8. The fraction of sp³-hybridized carbons (Fsp3) is 0.556. The number of hydrogen-bond donors (Lipinski definition) is 0. The van der Waals surface area contributed by atoms with Crippen molar-refractivity contribution in [2.75, 3.05) is 33.9 Å². The molecule has 1 atom stereocenters. The minimum absolute atomic E-state index is 0.0200. The second-order valence-electron chi connectivity index (χ2n) is 5.48. The molecule has 1 aromatic rings. The van der Waals surface area contributed by atoms with Gasteiger partial charge in [0.25, 0.3) is 0 Å². The Morgan fingerprint density at radius 3 is 2.29 bits per heavy atom. The van der Waals surface area contributed by atoms with Gasteiger partial charge < -0.3 is 19.1 Å². The number of carbonyl (C=O) groups is 2. The van der Waals surface area contributed by atoms with E-state index in [0.717, 1.165) is 11.5 Å². The third kappa shape index (κ3) is 6.48. The van der Waals surface area contributed by atoms with Crippen LogP contribution in [0, 0.1) is 5.92 Å². The zero-order chi connectivity index (χ0) is 17.9. The van der Waals surface area contributed by atoms with E-state index in [2.05, 4.69) is 0 Å². The maximum atomic E-state index is 12.2. The summed E-state index contributed by atoms with van der Waals surface area (Å²) in [6, 6.07) is 7.31. The summed E-state index contributed by atoms with van der Waals surface area (Å²) in [4.78, 5) is 25.4. The van der Waals surface area contributed by atoms with Crippen LogP contribution in [0.4, 0.5) is 0 Å². The summed E-state index contributed by atoms with van der Waals surface area (Å²) in [5.74, 6) is 0.913. The highest BCUT2D eigenvalue weighted by atomic mass is 16.5. The number of carbonyl (C=O) groups excluding carboxylic acids is 2. The molecule has 1 aromatic carbocycles. The molecule has 0 aliphatic heterocycles. The summed E-state index contributed by atoms with van der Waals surface area (Å²) in [7, 11) is 2.97. The molecule has 1 amide bonds. The van der Waals surface area contributed by atoms with Crippen molar-refractivity contribution in [3.8, 4) is 11.5 Å². The first-order valence-corrected chi connectivity index (χ1v) is 8.14. The average molecular weight is 337 g/mol. The van der Waals surface area contributed by atoms with Crippen molar-refractivity contribution in [2.24, 2.45) is 5.92 Å². The van der Waals surface area contributed by atoms with Crippen molar-refractivity contribution in [3.05, 3.63) is 24.3 Å². The predicted octanol–water partition coefficient (Wildman–Crippen LogP) is 2.51. The van der Waals surface area contributed by atoms with Crippen molar-refractivity contribution < 1.29 is 23.8 Å². The van der Waals surface area contributed by atoms with Crippen LogP contribution in [0.15, 0.2) is 24.3 Å². The summed E-state index contributed by atoms with van der Waals surface area (Å²) in [5.41, 5.74) is 0. The monoisotopic (exact) mass is 337 g/mol. The van der Waals surface area contributed by atoms with E-state index in [9.17, 15) is 9.59 Å². The Hall–Kier alpha value is -2.24. The molecule has 0 radical (unpaired) electrons. The third-order valence-electron chi connectivity index (χ3n) is 3.70. The fourth-order valence-electron chi connectivity index (χ4n) is 2.26. The number of methoxy groups -OCH3 is 2. The van der Waals surface area contributed by atoms with E-state index in [1.54, 1.807) is 18.9 Å². The number of amides is 1. The van der Waals surface area contributed by atoms with Crippen LogP contribution >= 0.6 is 0 Å². The summed E-state index contributed by atoms with van der Waals surface area (Å²) >= 11 is 0. The van der Waals surface area contributed by atoms with Crippen LogP contribution < -0.4 is 9.47 Å². The van der Waals surface area contributed by atoms with Gasteiger partial charge in [0.15, 0.2) is 0 Å². The fourth-order valence-corrected chi connectivity index (χ4v) is 2.26. The Bertz CT molecular complexity index is 515. The van der Waals surface area contributed by atoms with Gasteiger partial charge in [0.05, 0.1) is 26.7 Å². The molecule has 0 N–H and O–H groups in total. The molecule has 0 spiro atoms. The molecule has 0 aromatic heterocycles. The van der Waals surface area contributed by atoms with E-state index in [-0.39, 0.29) is 17.8 Å². The normalized spacial score (nSPS) is 11.5. The lowest BCUT2D eigenvalue weighted by atomic mass is 10.1. The smallest absolute Gasteiger partial charge is 0.310 e. The van der Waals surface area contributed by atoms with Gasteiger partial charge in [-0.3, -0.25) is 9.59 Å². The van der Waals surface area contributed by atoms with Crippen LogP contribution in [-0.2, 0) is 14.3 Å². The Labute approximate surface area is 143 Å². The molecule has 0 bridgehead atoms. The van der Waals surface area contributed by atoms with Crippen LogP contribution in [0.5, 0.6) is 11.5 Å². The van der Waals surface area contributed by atoms with Gasteiger partial charge in [-0.2, -0.15) is 0 Å². The van der Waals surface area contributed by atoms with Crippen molar-refractivity contribution in [3.63, 3.8) is 0 Å². The first-order chi connectivity index (χ1) is 11.5.